The number of hydrogen-bond donors (Lipinski definition) is 2. The maximum Gasteiger partial charge on any atom is 0.308 e. The van der Waals surface area contributed by atoms with Gasteiger partial charge in [-0.3, -0.25) is 14.5 Å². The van der Waals surface area contributed by atoms with Gasteiger partial charge in [-0.1, -0.05) is 37.6 Å². The number of amides is 1. The summed E-state index contributed by atoms with van der Waals surface area (Å²) >= 11 is 0. The summed E-state index contributed by atoms with van der Waals surface area (Å²) in [6, 6.07) is 13.1. The minimum atomic E-state index is -0.852. The number of carbonyl (C=O) groups is 2. The van der Waals surface area contributed by atoms with Crippen molar-refractivity contribution in [2.24, 2.45) is 11.7 Å². The van der Waals surface area contributed by atoms with Gasteiger partial charge in [0.25, 0.3) is 0 Å². The zero-order valence-corrected chi connectivity index (χ0v) is 24.4. The molecule has 0 aromatic heterocycles. The van der Waals surface area contributed by atoms with E-state index < -0.39 is 11.9 Å². The van der Waals surface area contributed by atoms with Gasteiger partial charge >= 0.3 is 5.97 Å². The number of carbonyl (C=O) groups excluding carboxylic acids is 1. The van der Waals surface area contributed by atoms with Crippen LogP contribution in [0.4, 0.5) is 0 Å². The van der Waals surface area contributed by atoms with Crippen LogP contribution in [0.15, 0.2) is 42.5 Å². The van der Waals surface area contributed by atoms with Gasteiger partial charge in [0.05, 0.1) is 32.8 Å². The Labute approximate surface area is 243 Å². The molecule has 4 rings (SSSR count). The lowest BCUT2D eigenvalue weighted by Gasteiger charge is -2.30. The van der Waals surface area contributed by atoms with Crippen LogP contribution in [-0.4, -0.2) is 85.9 Å². The molecule has 3 N–H and O–H groups in total. The molecule has 2 aromatic rings. The van der Waals surface area contributed by atoms with Crippen LogP contribution < -0.4 is 19.9 Å². The molecule has 0 spiro atoms. The molecule has 0 bridgehead atoms. The predicted octanol–water partition coefficient (Wildman–Crippen LogP) is 3.94. The summed E-state index contributed by atoms with van der Waals surface area (Å²) in [5.74, 6) is 0.380. The molecule has 1 saturated heterocycles. The molecule has 1 amide bonds. The van der Waals surface area contributed by atoms with Crippen molar-refractivity contribution in [2.45, 2.75) is 57.4 Å². The summed E-state index contributed by atoms with van der Waals surface area (Å²) < 4.78 is 17.2. The van der Waals surface area contributed by atoms with Crippen molar-refractivity contribution in [3.63, 3.8) is 0 Å². The van der Waals surface area contributed by atoms with Crippen LogP contribution >= 0.6 is 0 Å². The zero-order chi connectivity index (χ0) is 29.2. The highest BCUT2D eigenvalue weighted by molar-refractivity contribution is 5.79. The van der Waals surface area contributed by atoms with E-state index in [1.807, 2.05) is 41.3 Å². The van der Waals surface area contributed by atoms with Crippen LogP contribution in [0.25, 0.3) is 0 Å². The van der Waals surface area contributed by atoms with Gasteiger partial charge in [0, 0.05) is 38.0 Å². The molecule has 0 radical (unpaired) electrons. The lowest BCUT2D eigenvalue weighted by atomic mass is 9.83. The van der Waals surface area contributed by atoms with Gasteiger partial charge in [-0.2, -0.15) is 0 Å². The average Bonchev–Trinajstić information content (AvgIpc) is 3.59. The van der Waals surface area contributed by atoms with Gasteiger partial charge in [-0.05, 0) is 61.6 Å². The Kier molecular flexibility index (Phi) is 11.3. The highest BCUT2D eigenvalue weighted by Crippen LogP contribution is 2.41. The Hall–Kier alpha value is -3.30. The Bertz CT molecular complexity index is 1160. The Morgan fingerprint density at radius 1 is 1.12 bits per heavy atom. The van der Waals surface area contributed by atoms with Crippen LogP contribution in [0, 0.1) is 5.92 Å². The predicted molar refractivity (Wildman–Crippen MR) is 158 cm³/mol. The fourth-order valence-corrected chi connectivity index (χ4v) is 6.09. The molecule has 1 fully saturated rings. The molecule has 9 nitrogen and oxygen atoms in total. The second-order valence-corrected chi connectivity index (χ2v) is 11.0. The van der Waals surface area contributed by atoms with Crippen LogP contribution in [0.2, 0.25) is 0 Å². The first-order valence-electron chi connectivity index (χ1n) is 14.9. The molecule has 3 unspecified atom stereocenters. The minimum absolute atomic E-state index is 0.0401. The van der Waals surface area contributed by atoms with Gasteiger partial charge in [-0.25, -0.2) is 0 Å². The number of carboxylic acids is 1. The minimum Gasteiger partial charge on any atom is -0.493 e. The third kappa shape index (κ3) is 7.71. The third-order valence-corrected chi connectivity index (χ3v) is 8.27. The largest absolute Gasteiger partial charge is 0.493 e. The van der Waals surface area contributed by atoms with Gasteiger partial charge in [0.2, 0.25) is 5.91 Å². The Morgan fingerprint density at radius 3 is 2.63 bits per heavy atom. The zero-order valence-electron chi connectivity index (χ0n) is 24.4. The standard InChI is InChI=1S/C32H45N3O6/c1-3-4-16-34(17-8-7-15-33)30(36)22-35-21-25(23-11-12-27-24(20-23)13-18-40-27)31(32(37)38)26(35)14-19-41-29-10-6-5-9-28(29)39-2/h5-6,9-12,20,25-26,31H,3-4,7-8,13-19,21-22,33H2,1-2H3,(H,37,38). The molecule has 2 aromatic carbocycles. The molecule has 9 heteroatoms. The molecule has 224 valence electrons. The number of nitrogens with zero attached hydrogens (tertiary/aromatic N) is 2. The van der Waals surface area contributed by atoms with Crippen molar-refractivity contribution in [3.05, 3.63) is 53.6 Å². The molecular weight excluding hydrogens is 522 g/mol. The first-order chi connectivity index (χ1) is 20.0. The number of unbranched alkanes of at least 4 members (excludes halogenated alkanes) is 2. The topological polar surface area (TPSA) is 115 Å². The van der Waals surface area contributed by atoms with E-state index in [2.05, 4.69) is 17.9 Å². The fraction of sp³-hybridized carbons (Fsp3) is 0.562. The first kappa shape index (κ1) is 30.7. The Morgan fingerprint density at radius 2 is 1.90 bits per heavy atom. The van der Waals surface area contributed by atoms with Crippen LogP contribution in [-0.2, 0) is 16.0 Å². The van der Waals surface area contributed by atoms with Crippen molar-refractivity contribution >= 4 is 11.9 Å². The molecule has 0 aliphatic carbocycles. The average molecular weight is 568 g/mol. The number of nitrogens with two attached hydrogens (primary N) is 1. The number of aliphatic carboxylic acids is 1. The third-order valence-electron chi connectivity index (χ3n) is 8.27. The highest BCUT2D eigenvalue weighted by Gasteiger charge is 2.47. The Balaban J connectivity index is 1.56. The van der Waals surface area contributed by atoms with E-state index in [1.54, 1.807) is 7.11 Å². The van der Waals surface area contributed by atoms with Crippen LogP contribution in [0.5, 0.6) is 17.2 Å². The summed E-state index contributed by atoms with van der Waals surface area (Å²) in [6.07, 6.45) is 4.95. The number of ether oxygens (including phenoxy) is 3. The van der Waals surface area contributed by atoms with Crippen molar-refractivity contribution in [3.8, 4) is 17.2 Å². The number of hydrogen-bond acceptors (Lipinski definition) is 7. The van der Waals surface area contributed by atoms with Crippen LogP contribution in [0.3, 0.4) is 0 Å². The van der Waals surface area contributed by atoms with Crippen molar-refractivity contribution in [1.29, 1.82) is 0 Å². The second-order valence-electron chi connectivity index (χ2n) is 11.0. The molecular formula is C32H45N3O6. The van der Waals surface area contributed by atoms with Gasteiger partial charge in [0.1, 0.15) is 5.75 Å². The highest BCUT2D eigenvalue weighted by atomic mass is 16.5. The number of likely N-dealkylation sites (tertiary alicyclic amines) is 1. The summed E-state index contributed by atoms with van der Waals surface area (Å²) in [6.45, 7) is 5.71. The number of carboxylic acid groups (broad SMARTS) is 1. The fourth-order valence-electron chi connectivity index (χ4n) is 6.09. The maximum atomic E-state index is 13.6. The summed E-state index contributed by atoms with van der Waals surface area (Å²) in [5.41, 5.74) is 7.80. The number of methoxy groups -OCH3 is 1. The smallest absolute Gasteiger partial charge is 0.308 e. The maximum absolute atomic E-state index is 13.6. The normalized spacial score (nSPS) is 19.9. The van der Waals surface area contributed by atoms with Crippen molar-refractivity contribution in [2.75, 3.05) is 53.0 Å². The molecule has 2 heterocycles. The van der Waals surface area contributed by atoms with Crippen molar-refractivity contribution in [1.82, 2.24) is 9.80 Å². The SMILES string of the molecule is CCCCN(CCCCN)C(=O)CN1CC(c2ccc3c(c2)CCO3)C(C(=O)O)C1CCOc1ccccc1OC. The molecule has 2 aliphatic rings. The number of rotatable bonds is 16. The van der Waals surface area contributed by atoms with E-state index >= 15 is 0 Å². The van der Waals surface area contributed by atoms with Crippen molar-refractivity contribution < 1.29 is 28.9 Å². The molecule has 0 saturated carbocycles. The number of para-hydroxylation sites is 2. The quantitative estimate of drug-likeness (QED) is 0.293. The van der Waals surface area contributed by atoms with E-state index in [-0.39, 0.29) is 24.4 Å². The molecule has 41 heavy (non-hydrogen) atoms. The lowest BCUT2D eigenvalue weighted by molar-refractivity contribution is -0.144. The summed E-state index contributed by atoms with van der Waals surface area (Å²) in [7, 11) is 1.59. The monoisotopic (exact) mass is 567 g/mol. The van der Waals surface area contributed by atoms with Gasteiger partial charge < -0.3 is 30.0 Å². The molecule has 3 atom stereocenters. The van der Waals surface area contributed by atoms with E-state index in [4.69, 9.17) is 19.9 Å². The second kappa shape index (κ2) is 15.1. The summed E-state index contributed by atoms with van der Waals surface area (Å²) in [5, 5.41) is 10.5. The van der Waals surface area contributed by atoms with E-state index in [0.29, 0.717) is 57.3 Å². The van der Waals surface area contributed by atoms with Gasteiger partial charge in [-0.15, -0.1) is 0 Å². The summed E-state index contributed by atoms with van der Waals surface area (Å²) in [4.78, 5) is 30.5. The molecule has 2 aliphatic heterocycles. The van der Waals surface area contributed by atoms with Gasteiger partial charge in [0.15, 0.2) is 11.5 Å². The van der Waals surface area contributed by atoms with E-state index in [1.165, 1.54) is 0 Å². The number of benzene rings is 2. The van der Waals surface area contributed by atoms with E-state index in [0.717, 1.165) is 49.0 Å². The van der Waals surface area contributed by atoms with Crippen LogP contribution in [0.1, 0.15) is 56.1 Å². The lowest BCUT2D eigenvalue weighted by Crippen LogP contribution is -2.45. The number of fused-ring (bicyclic) bond motifs is 1. The van der Waals surface area contributed by atoms with E-state index in [9.17, 15) is 14.7 Å². The first-order valence-corrected chi connectivity index (χ1v) is 14.9.